The molecule has 0 spiro atoms. The van der Waals surface area contributed by atoms with Crippen LogP contribution in [0.25, 0.3) is 0 Å². The van der Waals surface area contributed by atoms with E-state index in [2.05, 4.69) is 10.6 Å². The standard InChI is InChI=1S/C32H30N2O6/c1-17(13-19-15-21(35)7-11-27(19)37)33-25-9-10-26(34-18(2)14-20-16-22(36)8-12-28(20)38)30-29(25)31(39)23-5-3-4-6-24(23)32(30)40/h3-12,15-18,33-38H,13-14H2,1-2H3. The highest BCUT2D eigenvalue weighted by molar-refractivity contribution is 6.31. The van der Waals surface area contributed by atoms with E-state index < -0.39 is 0 Å². The van der Waals surface area contributed by atoms with Gasteiger partial charge in [-0.25, -0.2) is 0 Å². The zero-order chi connectivity index (χ0) is 28.6. The van der Waals surface area contributed by atoms with Gasteiger partial charge < -0.3 is 31.1 Å². The molecule has 4 aromatic rings. The Balaban J connectivity index is 1.49. The Labute approximate surface area is 231 Å². The molecule has 2 unspecified atom stereocenters. The number of carbonyl (C=O) groups excluding carboxylic acids is 2. The fourth-order valence-electron chi connectivity index (χ4n) is 5.23. The largest absolute Gasteiger partial charge is 0.508 e. The van der Waals surface area contributed by atoms with Gasteiger partial charge in [0.1, 0.15) is 23.0 Å². The second kappa shape index (κ2) is 10.6. The SMILES string of the molecule is CC(Cc1cc(O)ccc1O)Nc1ccc(NC(C)Cc2cc(O)ccc2O)c2c1C(=O)c1ccccc1C2=O. The van der Waals surface area contributed by atoms with Crippen molar-refractivity contribution in [2.75, 3.05) is 10.6 Å². The smallest absolute Gasteiger partial charge is 0.196 e. The summed E-state index contributed by atoms with van der Waals surface area (Å²) in [6.07, 6.45) is 0.719. The van der Waals surface area contributed by atoms with Crippen LogP contribution in [0.1, 0.15) is 56.8 Å². The number of rotatable bonds is 8. The van der Waals surface area contributed by atoms with Crippen molar-refractivity contribution in [2.24, 2.45) is 0 Å². The van der Waals surface area contributed by atoms with Gasteiger partial charge in [0.2, 0.25) is 0 Å². The monoisotopic (exact) mass is 538 g/mol. The van der Waals surface area contributed by atoms with Crippen molar-refractivity contribution in [3.8, 4) is 23.0 Å². The molecular formula is C32H30N2O6. The Hall–Kier alpha value is -4.98. The van der Waals surface area contributed by atoms with E-state index in [-0.39, 0.29) is 57.8 Å². The second-order valence-corrected chi connectivity index (χ2v) is 10.2. The van der Waals surface area contributed by atoms with Crippen molar-refractivity contribution >= 4 is 22.9 Å². The number of benzene rings is 4. The van der Waals surface area contributed by atoms with Crippen LogP contribution in [0.4, 0.5) is 11.4 Å². The van der Waals surface area contributed by atoms with E-state index in [1.807, 2.05) is 13.8 Å². The molecule has 8 nitrogen and oxygen atoms in total. The van der Waals surface area contributed by atoms with Gasteiger partial charge in [-0.05, 0) is 86.3 Å². The van der Waals surface area contributed by atoms with Gasteiger partial charge in [-0.2, -0.15) is 0 Å². The van der Waals surface area contributed by atoms with Gasteiger partial charge in [-0.3, -0.25) is 9.59 Å². The van der Waals surface area contributed by atoms with Crippen molar-refractivity contribution in [2.45, 2.75) is 38.8 Å². The first kappa shape index (κ1) is 26.6. The van der Waals surface area contributed by atoms with Crippen LogP contribution in [0.5, 0.6) is 23.0 Å². The second-order valence-electron chi connectivity index (χ2n) is 10.2. The van der Waals surface area contributed by atoms with Gasteiger partial charge in [0.25, 0.3) is 0 Å². The number of hydrogen-bond acceptors (Lipinski definition) is 8. The summed E-state index contributed by atoms with van der Waals surface area (Å²) >= 11 is 0. The van der Waals surface area contributed by atoms with E-state index in [0.29, 0.717) is 46.5 Å². The highest BCUT2D eigenvalue weighted by Crippen LogP contribution is 2.38. The molecule has 0 radical (unpaired) electrons. The minimum Gasteiger partial charge on any atom is -0.508 e. The Kier molecular flexibility index (Phi) is 7.09. The van der Waals surface area contributed by atoms with Crippen molar-refractivity contribution in [1.82, 2.24) is 0 Å². The molecule has 0 fully saturated rings. The molecule has 204 valence electrons. The first-order valence-electron chi connectivity index (χ1n) is 13.0. The number of aromatic hydroxyl groups is 4. The summed E-state index contributed by atoms with van der Waals surface area (Å²) in [7, 11) is 0. The molecule has 6 N–H and O–H groups in total. The van der Waals surface area contributed by atoms with Crippen LogP contribution in [0.3, 0.4) is 0 Å². The number of hydrogen-bond donors (Lipinski definition) is 6. The summed E-state index contributed by atoms with van der Waals surface area (Å²) in [5.41, 5.74) is 3.24. The van der Waals surface area contributed by atoms with E-state index in [4.69, 9.17) is 0 Å². The minimum absolute atomic E-state index is 0.0401. The van der Waals surface area contributed by atoms with E-state index >= 15 is 0 Å². The van der Waals surface area contributed by atoms with Crippen LogP contribution in [0, 0.1) is 0 Å². The molecule has 0 aliphatic heterocycles. The molecule has 8 heteroatoms. The summed E-state index contributed by atoms with van der Waals surface area (Å²) < 4.78 is 0. The number of phenols is 4. The Morgan fingerprint density at radius 3 is 1.40 bits per heavy atom. The van der Waals surface area contributed by atoms with Crippen LogP contribution < -0.4 is 10.6 Å². The molecule has 5 rings (SSSR count). The molecule has 0 saturated carbocycles. The maximum absolute atomic E-state index is 13.8. The lowest BCUT2D eigenvalue weighted by molar-refractivity contribution is 0.0980. The number of ketones is 2. The quantitative estimate of drug-likeness (QED) is 0.145. The van der Waals surface area contributed by atoms with Crippen molar-refractivity contribution in [3.63, 3.8) is 0 Å². The number of anilines is 2. The third kappa shape index (κ3) is 5.16. The average molecular weight is 539 g/mol. The predicted molar refractivity (Wildman–Crippen MR) is 153 cm³/mol. The zero-order valence-electron chi connectivity index (χ0n) is 22.1. The molecule has 40 heavy (non-hydrogen) atoms. The fourth-order valence-corrected chi connectivity index (χ4v) is 5.23. The first-order chi connectivity index (χ1) is 19.1. The normalized spacial score (nSPS) is 13.8. The van der Waals surface area contributed by atoms with E-state index in [1.54, 1.807) is 36.4 Å². The number of phenolic OH excluding ortho intramolecular Hbond substituents is 4. The summed E-state index contributed by atoms with van der Waals surface area (Å²) in [5.74, 6) is -0.360. The molecular weight excluding hydrogens is 508 g/mol. The topological polar surface area (TPSA) is 139 Å². The number of nitrogens with one attached hydrogen (secondary N) is 2. The van der Waals surface area contributed by atoms with Gasteiger partial charge in [-0.1, -0.05) is 24.3 Å². The van der Waals surface area contributed by atoms with Gasteiger partial charge in [0.05, 0.1) is 11.1 Å². The predicted octanol–water partition coefficient (Wildman–Crippen LogP) is 5.37. The van der Waals surface area contributed by atoms with E-state index in [0.717, 1.165) is 0 Å². The van der Waals surface area contributed by atoms with Crippen molar-refractivity contribution < 1.29 is 30.0 Å². The number of fused-ring (bicyclic) bond motifs is 2. The first-order valence-corrected chi connectivity index (χ1v) is 13.0. The van der Waals surface area contributed by atoms with E-state index in [1.165, 1.54) is 36.4 Å². The summed E-state index contributed by atoms with van der Waals surface area (Å²) in [6.45, 7) is 3.77. The zero-order valence-corrected chi connectivity index (χ0v) is 22.1. The van der Waals surface area contributed by atoms with Gasteiger partial charge in [-0.15, -0.1) is 0 Å². The maximum Gasteiger partial charge on any atom is 0.196 e. The van der Waals surface area contributed by atoms with Gasteiger partial charge in [0, 0.05) is 34.6 Å². The van der Waals surface area contributed by atoms with E-state index in [9.17, 15) is 30.0 Å². The molecule has 0 saturated heterocycles. The summed E-state index contributed by atoms with van der Waals surface area (Å²) in [4.78, 5) is 27.5. The van der Waals surface area contributed by atoms with Gasteiger partial charge >= 0.3 is 0 Å². The van der Waals surface area contributed by atoms with Crippen LogP contribution in [0.15, 0.2) is 72.8 Å². The van der Waals surface area contributed by atoms with Crippen LogP contribution >= 0.6 is 0 Å². The van der Waals surface area contributed by atoms with Crippen molar-refractivity contribution in [1.29, 1.82) is 0 Å². The average Bonchev–Trinajstić information content (AvgIpc) is 2.92. The molecule has 0 amide bonds. The minimum atomic E-state index is -0.276. The molecule has 1 aliphatic rings. The Morgan fingerprint density at radius 2 is 1.00 bits per heavy atom. The Bertz CT molecular complexity index is 1510. The maximum atomic E-state index is 13.8. The van der Waals surface area contributed by atoms with Crippen molar-refractivity contribution in [3.05, 3.63) is 106 Å². The summed E-state index contributed by atoms with van der Waals surface area (Å²) in [5, 5.41) is 46.7. The highest BCUT2D eigenvalue weighted by atomic mass is 16.3. The fraction of sp³-hybridized carbons (Fsp3) is 0.188. The lowest BCUT2D eigenvalue weighted by atomic mass is 9.82. The Morgan fingerprint density at radius 1 is 0.600 bits per heavy atom. The van der Waals surface area contributed by atoms with Crippen LogP contribution in [-0.4, -0.2) is 44.1 Å². The third-order valence-electron chi connectivity index (χ3n) is 7.06. The summed E-state index contributed by atoms with van der Waals surface area (Å²) in [6, 6.07) is 18.4. The molecule has 0 bridgehead atoms. The molecule has 2 atom stereocenters. The van der Waals surface area contributed by atoms with Crippen LogP contribution in [-0.2, 0) is 12.8 Å². The number of carbonyl (C=O) groups is 2. The molecule has 0 heterocycles. The van der Waals surface area contributed by atoms with Gasteiger partial charge in [0.15, 0.2) is 11.6 Å². The lowest BCUT2D eigenvalue weighted by Gasteiger charge is -2.27. The molecule has 4 aromatic carbocycles. The highest BCUT2D eigenvalue weighted by Gasteiger charge is 2.34. The lowest BCUT2D eigenvalue weighted by Crippen LogP contribution is -2.28. The third-order valence-corrected chi connectivity index (χ3v) is 7.06. The van der Waals surface area contributed by atoms with Crippen LogP contribution in [0.2, 0.25) is 0 Å². The molecule has 1 aliphatic carbocycles. The molecule has 0 aromatic heterocycles.